The van der Waals surface area contributed by atoms with Crippen LogP contribution in [0.2, 0.25) is 0 Å². The van der Waals surface area contributed by atoms with E-state index in [4.69, 9.17) is 4.74 Å². The summed E-state index contributed by atoms with van der Waals surface area (Å²) in [5.41, 5.74) is 2.03. The molecule has 0 radical (unpaired) electrons. The fourth-order valence-electron chi connectivity index (χ4n) is 1.68. The highest BCUT2D eigenvalue weighted by molar-refractivity contribution is 6.04. The molecule has 92 valence electrons. The minimum absolute atomic E-state index is 0.0973. The number of ketones is 1. The molecule has 0 N–H and O–H groups in total. The van der Waals surface area contributed by atoms with Gasteiger partial charge in [-0.05, 0) is 36.0 Å². The van der Waals surface area contributed by atoms with Crippen molar-refractivity contribution in [1.29, 1.82) is 0 Å². The number of likely N-dealkylation sites (N-methyl/N-ethyl adjacent to an activating group) is 1. The topological polar surface area (TPSA) is 29.5 Å². The summed E-state index contributed by atoms with van der Waals surface area (Å²) in [6.07, 6.45) is 17.0. The van der Waals surface area contributed by atoms with Crippen molar-refractivity contribution >= 4 is 5.78 Å². The quantitative estimate of drug-likeness (QED) is 0.744. The van der Waals surface area contributed by atoms with Gasteiger partial charge < -0.3 is 9.64 Å². The Morgan fingerprint density at radius 1 is 1.17 bits per heavy atom. The van der Waals surface area contributed by atoms with Crippen LogP contribution in [0.5, 0.6) is 0 Å². The Morgan fingerprint density at radius 2 is 2.00 bits per heavy atom. The number of methoxy groups -OCH3 is 1. The molecule has 0 fully saturated rings. The van der Waals surface area contributed by atoms with Crippen LogP contribution in [0.4, 0.5) is 0 Å². The van der Waals surface area contributed by atoms with Crippen LogP contribution in [-0.2, 0) is 9.53 Å². The molecule has 0 saturated carbocycles. The molecular formula is C15H15NO2. The molecule has 0 saturated heterocycles. The Hall–Kier alpha value is -2.29. The van der Waals surface area contributed by atoms with Gasteiger partial charge in [-0.1, -0.05) is 18.2 Å². The molecule has 1 heterocycles. The first-order valence-corrected chi connectivity index (χ1v) is 5.68. The van der Waals surface area contributed by atoms with Gasteiger partial charge in [0.15, 0.2) is 5.76 Å². The zero-order chi connectivity index (χ0) is 13.0. The molecule has 18 heavy (non-hydrogen) atoms. The van der Waals surface area contributed by atoms with Gasteiger partial charge in [-0.25, -0.2) is 0 Å². The second-order valence-corrected chi connectivity index (χ2v) is 3.98. The van der Waals surface area contributed by atoms with E-state index in [0.717, 1.165) is 11.3 Å². The predicted octanol–water partition coefficient (Wildman–Crippen LogP) is 2.48. The zero-order valence-electron chi connectivity index (χ0n) is 10.5. The number of hydrogen-bond acceptors (Lipinski definition) is 3. The van der Waals surface area contributed by atoms with Crippen LogP contribution in [-0.4, -0.2) is 24.8 Å². The lowest BCUT2D eigenvalue weighted by atomic mass is 10.1. The number of ether oxygens (including phenoxy) is 1. The smallest absolute Gasteiger partial charge is 0.220 e. The summed E-state index contributed by atoms with van der Waals surface area (Å²) in [4.78, 5) is 13.4. The van der Waals surface area contributed by atoms with Crippen LogP contribution >= 0.6 is 0 Å². The highest BCUT2D eigenvalue weighted by Crippen LogP contribution is 2.15. The first-order chi connectivity index (χ1) is 8.70. The second kappa shape index (κ2) is 5.36. The van der Waals surface area contributed by atoms with Crippen LogP contribution in [0.25, 0.3) is 0 Å². The largest absolute Gasteiger partial charge is 0.493 e. The first kappa shape index (κ1) is 12.2. The van der Waals surface area contributed by atoms with Gasteiger partial charge in [0, 0.05) is 18.9 Å². The van der Waals surface area contributed by atoms with Crippen molar-refractivity contribution in [3.63, 3.8) is 0 Å². The Bertz CT molecular complexity index is 531. The summed E-state index contributed by atoms with van der Waals surface area (Å²) < 4.78 is 5.01. The van der Waals surface area contributed by atoms with E-state index < -0.39 is 0 Å². The van der Waals surface area contributed by atoms with Crippen LogP contribution in [0.3, 0.4) is 0 Å². The fourth-order valence-corrected chi connectivity index (χ4v) is 1.68. The van der Waals surface area contributed by atoms with E-state index in [1.807, 2.05) is 48.5 Å². The zero-order valence-corrected chi connectivity index (χ0v) is 10.5. The van der Waals surface area contributed by atoms with Gasteiger partial charge in [0.05, 0.1) is 7.11 Å². The lowest BCUT2D eigenvalue weighted by Gasteiger charge is -2.17. The third kappa shape index (κ3) is 2.69. The van der Waals surface area contributed by atoms with Gasteiger partial charge in [0.25, 0.3) is 0 Å². The molecule has 0 aromatic carbocycles. The normalized spacial score (nSPS) is 22.9. The molecule has 0 aromatic heterocycles. The Balaban J connectivity index is 2.20. The third-order valence-corrected chi connectivity index (χ3v) is 2.73. The fraction of sp³-hybridized carbons (Fsp3) is 0.133. The Labute approximate surface area is 107 Å². The lowest BCUT2D eigenvalue weighted by Crippen LogP contribution is -2.09. The van der Waals surface area contributed by atoms with Crippen molar-refractivity contribution in [2.24, 2.45) is 0 Å². The molecule has 2 aliphatic rings. The van der Waals surface area contributed by atoms with Crippen LogP contribution < -0.4 is 0 Å². The molecule has 0 spiro atoms. The van der Waals surface area contributed by atoms with Crippen LogP contribution in [0, 0.1) is 0 Å². The van der Waals surface area contributed by atoms with Gasteiger partial charge in [-0.2, -0.15) is 0 Å². The molecule has 0 aromatic rings. The van der Waals surface area contributed by atoms with Gasteiger partial charge in [0.1, 0.15) is 0 Å². The minimum Gasteiger partial charge on any atom is -0.493 e. The number of hydrogen-bond donors (Lipinski definition) is 0. The van der Waals surface area contributed by atoms with Crippen molar-refractivity contribution in [1.82, 2.24) is 4.90 Å². The van der Waals surface area contributed by atoms with Crippen molar-refractivity contribution in [3.8, 4) is 0 Å². The Kier molecular flexibility index (Phi) is 3.63. The summed E-state index contributed by atoms with van der Waals surface area (Å²) in [5.74, 6) is 0.273. The number of carbonyl (C=O) groups is 1. The summed E-state index contributed by atoms with van der Waals surface area (Å²) >= 11 is 0. The number of carbonyl (C=O) groups excluding carboxylic acids is 1. The predicted molar refractivity (Wildman–Crippen MR) is 71.4 cm³/mol. The number of rotatable bonds is 2. The average Bonchev–Trinajstić information content (AvgIpc) is 2.39. The van der Waals surface area contributed by atoms with Gasteiger partial charge in [-0.15, -0.1) is 0 Å². The highest BCUT2D eigenvalue weighted by atomic mass is 16.5. The van der Waals surface area contributed by atoms with Crippen LogP contribution in [0.15, 0.2) is 71.8 Å². The van der Waals surface area contributed by atoms with E-state index in [0.29, 0.717) is 5.76 Å². The summed E-state index contributed by atoms with van der Waals surface area (Å²) in [6, 6.07) is 0. The molecule has 3 heteroatoms. The molecule has 2 rings (SSSR count). The van der Waals surface area contributed by atoms with Gasteiger partial charge >= 0.3 is 0 Å². The molecule has 0 atom stereocenters. The van der Waals surface area contributed by atoms with Gasteiger partial charge in [-0.3, -0.25) is 4.79 Å². The van der Waals surface area contributed by atoms with E-state index in [1.165, 1.54) is 13.2 Å². The maximum absolute atomic E-state index is 11.4. The van der Waals surface area contributed by atoms with Crippen molar-refractivity contribution in [2.45, 2.75) is 0 Å². The maximum atomic E-state index is 11.4. The second-order valence-electron chi connectivity index (χ2n) is 3.98. The van der Waals surface area contributed by atoms with Gasteiger partial charge in [0.2, 0.25) is 5.78 Å². The monoisotopic (exact) mass is 241 g/mol. The minimum atomic E-state index is -0.0973. The Morgan fingerprint density at radius 3 is 2.72 bits per heavy atom. The molecular weight excluding hydrogens is 226 g/mol. The van der Waals surface area contributed by atoms with E-state index in [-0.39, 0.29) is 5.78 Å². The van der Waals surface area contributed by atoms with Crippen LogP contribution in [0.1, 0.15) is 0 Å². The standard InChI is InChI=1S/C15H15NO2/c1-16-10-4-3-5-13(16)8-6-12-7-9-14(17)15(11-12)18-2/h3-11H,1-2H3/b12-6+,13-8+. The third-order valence-electron chi connectivity index (χ3n) is 2.73. The summed E-state index contributed by atoms with van der Waals surface area (Å²) in [6.45, 7) is 0. The lowest BCUT2D eigenvalue weighted by molar-refractivity contribution is -0.114. The van der Waals surface area contributed by atoms with E-state index in [2.05, 4.69) is 0 Å². The van der Waals surface area contributed by atoms with E-state index in [9.17, 15) is 4.79 Å². The summed E-state index contributed by atoms with van der Waals surface area (Å²) in [5, 5.41) is 0. The average molecular weight is 241 g/mol. The van der Waals surface area contributed by atoms with Crippen molar-refractivity contribution in [3.05, 3.63) is 71.8 Å². The van der Waals surface area contributed by atoms with Crippen molar-refractivity contribution < 1.29 is 9.53 Å². The molecule has 0 unspecified atom stereocenters. The number of allylic oxidation sites excluding steroid dienone is 9. The highest BCUT2D eigenvalue weighted by Gasteiger charge is 2.10. The maximum Gasteiger partial charge on any atom is 0.220 e. The molecule has 0 bridgehead atoms. The number of nitrogens with zero attached hydrogens (tertiary/aromatic N) is 1. The van der Waals surface area contributed by atoms with Crippen molar-refractivity contribution in [2.75, 3.05) is 14.2 Å². The molecule has 3 nitrogen and oxygen atoms in total. The molecule has 1 aliphatic carbocycles. The SMILES string of the molecule is COC1=C/C(=C/C=C2\C=CC=CN2C)C=CC1=O. The first-order valence-electron chi connectivity index (χ1n) is 5.68. The summed E-state index contributed by atoms with van der Waals surface area (Å²) in [7, 11) is 3.49. The molecule has 0 amide bonds. The van der Waals surface area contributed by atoms with E-state index >= 15 is 0 Å². The molecule has 1 aliphatic heterocycles. The van der Waals surface area contributed by atoms with E-state index in [1.54, 1.807) is 12.2 Å².